The maximum atomic E-state index is 13.1. The van der Waals surface area contributed by atoms with Crippen molar-refractivity contribution in [1.29, 1.82) is 0 Å². The summed E-state index contributed by atoms with van der Waals surface area (Å²) >= 11 is 0. The number of benzene rings is 1. The molecule has 1 aliphatic carbocycles. The molecule has 1 aromatic carbocycles. The molecule has 1 unspecified atom stereocenters. The molecule has 0 aromatic heterocycles. The predicted octanol–water partition coefficient (Wildman–Crippen LogP) is 2.46. The van der Waals surface area contributed by atoms with E-state index in [1.165, 1.54) is 12.8 Å². The first-order chi connectivity index (χ1) is 14.0. The Morgan fingerprint density at radius 2 is 1.69 bits per heavy atom. The molecule has 2 aliphatic heterocycles. The minimum atomic E-state index is -0.220. The van der Waals surface area contributed by atoms with Crippen LogP contribution in [0.25, 0.3) is 0 Å². The van der Waals surface area contributed by atoms with E-state index >= 15 is 0 Å². The minimum Gasteiger partial charge on any atom is -0.341 e. The van der Waals surface area contributed by atoms with Gasteiger partial charge in [-0.2, -0.15) is 0 Å². The van der Waals surface area contributed by atoms with E-state index in [1.807, 2.05) is 45.9 Å². The topological polar surface area (TPSA) is 60.9 Å². The van der Waals surface area contributed by atoms with Crippen molar-refractivity contribution in [2.24, 2.45) is 5.92 Å². The van der Waals surface area contributed by atoms with Gasteiger partial charge in [-0.1, -0.05) is 30.5 Å². The molecule has 3 aliphatic rings. The quantitative estimate of drug-likeness (QED) is 0.787. The van der Waals surface area contributed by atoms with E-state index in [0.29, 0.717) is 50.7 Å². The lowest BCUT2D eigenvalue weighted by Crippen LogP contribution is -2.41. The number of aryl methyl sites for hydroxylation is 1. The Balaban J connectivity index is 1.35. The maximum absolute atomic E-state index is 13.1. The third kappa shape index (κ3) is 4.31. The second-order valence-electron chi connectivity index (χ2n) is 8.73. The van der Waals surface area contributed by atoms with Crippen LogP contribution < -0.4 is 0 Å². The van der Waals surface area contributed by atoms with Crippen LogP contribution in [0, 0.1) is 12.8 Å². The van der Waals surface area contributed by atoms with Crippen molar-refractivity contribution in [3.63, 3.8) is 0 Å². The number of carbonyl (C=O) groups excluding carboxylic acids is 3. The molecule has 0 spiro atoms. The molecule has 1 aromatic rings. The van der Waals surface area contributed by atoms with E-state index < -0.39 is 0 Å². The van der Waals surface area contributed by atoms with E-state index in [0.717, 1.165) is 24.8 Å². The van der Waals surface area contributed by atoms with Gasteiger partial charge in [0, 0.05) is 50.7 Å². The first kappa shape index (κ1) is 19.9. The van der Waals surface area contributed by atoms with Gasteiger partial charge in [0.25, 0.3) is 5.91 Å². The summed E-state index contributed by atoms with van der Waals surface area (Å²) in [6.45, 7) is 4.97. The van der Waals surface area contributed by atoms with Gasteiger partial charge in [0.2, 0.25) is 11.8 Å². The summed E-state index contributed by atoms with van der Waals surface area (Å²) in [7, 11) is 0. The van der Waals surface area contributed by atoms with E-state index in [2.05, 4.69) is 0 Å². The Morgan fingerprint density at radius 3 is 2.45 bits per heavy atom. The Kier molecular flexibility index (Phi) is 5.88. The lowest BCUT2D eigenvalue weighted by atomic mass is 10.1. The molecule has 156 valence electrons. The van der Waals surface area contributed by atoms with Crippen molar-refractivity contribution in [2.45, 2.75) is 51.5 Å². The van der Waals surface area contributed by atoms with Crippen molar-refractivity contribution in [2.75, 3.05) is 32.7 Å². The molecule has 2 heterocycles. The molecule has 0 N–H and O–H groups in total. The maximum Gasteiger partial charge on any atom is 0.253 e. The molecule has 0 radical (unpaired) electrons. The smallest absolute Gasteiger partial charge is 0.253 e. The lowest BCUT2D eigenvalue weighted by Gasteiger charge is -2.26. The highest BCUT2D eigenvalue weighted by Gasteiger charge is 2.40. The fourth-order valence-electron chi connectivity index (χ4n) is 5.03. The zero-order valence-corrected chi connectivity index (χ0v) is 17.3. The Hall–Kier alpha value is -2.37. The number of carbonyl (C=O) groups is 3. The number of hydrogen-bond acceptors (Lipinski definition) is 3. The van der Waals surface area contributed by atoms with Crippen LogP contribution in [0.15, 0.2) is 24.3 Å². The molecular weight excluding hydrogens is 366 g/mol. The fourth-order valence-corrected chi connectivity index (χ4v) is 5.03. The molecule has 4 rings (SSSR count). The van der Waals surface area contributed by atoms with Crippen LogP contribution in [0.3, 0.4) is 0 Å². The number of hydrogen-bond donors (Lipinski definition) is 0. The lowest BCUT2D eigenvalue weighted by molar-refractivity contribution is -0.135. The third-order valence-electron chi connectivity index (χ3n) is 6.63. The SMILES string of the molecule is Cc1cccc(C(=O)N2CCCN(C(=O)C3CC(=O)N(C4CCCC4)C3)CC2)c1. The van der Waals surface area contributed by atoms with Crippen LogP contribution in [-0.2, 0) is 9.59 Å². The first-order valence-electron chi connectivity index (χ1n) is 11.0. The van der Waals surface area contributed by atoms with Gasteiger partial charge in [-0.15, -0.1) is 0 Å². The van der Waals surface area contributed by atoms with Crippen LogP contribution in [0.1, 0.15) is 54.4 Å². The van der Waals surface area contributed by atoms with Gasteiger partial charge in [-0.25, -0.2) is 0 Å². The van der Waals surface area contributed by atoms with Gasteiger partial charge in [0.05, 0.1) is 5.92 Å². The van der Waals surface area contributed by atoms with Crippen LogP contribution in [-0.4, -0.2) is 71.2 Å². The zero-order valence-electron chi connectivity index (χ0n) is 17.3. The summed E-state index contributed by atoms with van der Waals surface area (Å²) in [6.07, 6.45) is 5.64. The zero-order chi connectivity index (χ0) is 20.4. The number of nitrogens with zero attached hydrogens (tertiary/aromatic N) is 3. The van der Waals surface area contributed by atoms with Crippen LogP contribution in [0.4, 0.5) is 0 Å². The average Bonchev–Trinajstić information content (AvgIpc) is 3.30. The molecule has 0 bridgehead atoms. The van der Waals surface area contributed by atoms with Crippen LogP contribution in [0.2, 0.25) is 0 Å². The van der Waals surface area contributed by atoms with Gasteiger partial charge in [-0.3, -0.25) is 14.4 Å². The Labute approximate surface area is 172 Å². The second kappa shape index (κ2) is 8.56. The van der Waals surface area contributed by atoms with Crippen LogP contribution in [0.5, 0.6) is 0 Å². The largest absolute Gasteiger partial charge is 0.341 e. The van der Waals surface area contributed by atoms with Crippen molar-refractivity contribution in [3.8, 4) is 0 Å². The van der Waals surface area contributed by atoms with E-state index in [1.54, 1.807) is 0 Å². The molecular formula is C23H31N3O3. The molecule has 6 nitrogen and oxygen atoms in total. The van der Waals surface area contributed by atoms with Gasteiger partial charge in [0.15, 0.2) is 0 Å². The normalized spacial score (nSPS) is 23.6. The minimum absolute atomic E-state index is 0.0338. The summed E-state index contributed by atoms with van der Waals surface area (Å²) in [5.41, 5.74) is 1.78. The highest BCUT2D eigenvalue weighted by molar-refractivity contribution is 5.94. The fraction of sp³-hybridized carbons (Fsp3) is 0.609. The first-order valence-corrected chi connectivity index (χ1v) is 11.0. The molecule has 3 amide bonds. The summed E-state index contributed by atoms with van der Waals surface area (Å²) in [5, 5.41) is 0. The number of amides is 3. The van der Waals surface area contributed by atoms with Gasteiger partial charge < -0.3 is 14.7 Å². The van der Waals surface area contributed by atoms with Crippen molar-refractivity contribution < 1.29 is 14.4 Å². The Morgan fingerprint density at radius 1 is 0.966 bits per heavy atom. The molecule has 1 atom stereocenters. The summed E-state index contributed by atoms with van der Waals surface area (Å²) in [6, 6.07) is 8.00. The summed E-state index contributed by atoms with van der Waals surface area (Å²) in [5.74, 6) is 0.0404. The molecule has 29 heavy (non-hydrogen) atoms. The molecule has 3 fully saturated rings. The molecule has 1 saturated carbocycles. The molecule has 6 heteroatoms. The van der Waals surface area contributed by atoms with E-state index in [9.17, 15) is 14.4 Å². The van der Waals surface area contributed by atoms with E-state index in [4.69, 9.17) is 0 Å². The summed E-state index contributed by atoms with van der Waals surface area (Å²) < 4.78 is 0. The van der Waals surface area contributed by atoms with Gasteiger partial charge >= 0.3 is 0 Å². The van der Waals surface area contributed by atoms with E-state index in [-0.39, 0.29) is 23.6 Å². The second-order valence-corrected chi connectivity index (χ2v) is 8.73. The molecule has 2 saturated heterocycles. The number of rotatable bonds is 3. The van der Waals surface area contributed by atoms with Crippen LogP contribution >= 0.6 is 0 Å². The highest BCUT2D eigenvalue weighted by Crippen LogP contribution is 2.30. The van der Waals surface area contributed by atoms with Gasteiger partial charge in [-0.05, 0) is 38.3 Å². The monoisotopic (exact) mass is 397 g/mol. The van der Waals surface area contributed by atoms with Crippen molar-refractivity contribution in [3.05, 3.63) is 35.4 Å². The highest BCUT2D eigenvalue weighted by atomic mass is 16.2. The van der Waals surface area contributed by atoms with Crippen molar-refractivity contribution >= 4 is 17.7 Å². The van der Waals surface area contributed by atoms with Gasteiger partial charge in [0.1, 0.15) is 0 Å². The number of likely N-dealkylation sites (tertiary alicyclic amines) is 1. The Bertz CT molecular complexity index is 787. The van der Waals surface area contributed by atoms with Crippen molar-refractivity contribution in [1.82, 2.24) is 14.7 Å². The standard InChI is InChI=1S/C23H31N3O3/c1-17-6-4-7-18(14-17)22(28)24-10-5-11-25(13-12-24)23(29)19-15-21(27)26(16-19)20-8-2-3-9-20/h4,6-7,14,19-20H,2-3,5,8-13,15-16H2,1H3. The average molecular weight is 398 g/mol. The third-order valence-corrected chi connectivity index (χ3v) is 6.63. The predicted molar refractivity (Wildman–Crippen MR) is 110 cm³/mol. The summed E-state index contributed by atoms with van der Waals surface area (Å²) in [4.78, 5) is 44.1.